The van der Waals surface area contributed by atoms with Gasteiger partial charge in [0.2, 0.25) is 0 Å². The molecule has 1 aliphatic carbocycles. The first-order valence-electron chi connectivity index (χ1n) is 7.59. The zero-order valence-electron chi connectivity index (χ0n) is 12.1. The summed E-state index contributed by atoms with van der Waals surface area (Å²) in [4.78, 5) is 0. The van der Waals surface area contributed by atoms with Crippen molar-refractivity contribution in [3.8, 4) is 0 Å². The molecule has 1 aliphatic rings. The number of halogens is 2. The molecule has 1 aromatic rings. The highest BCUT2D eigenvalue weighted by Gasteiger charge is 2.17. The smallest absolute Gasteiger partial charge is 0.0542 e. The number of nitrogens with one attached hydrogen (secondary N) is 1. The van der Waals surface area contributed by atoms with Crippen molar-refractivity contribution in [2.24, 2.45) is 0 Å². The third-order valence-corrected chi connectivity index (χ3v) is 5.45. The summed E-state index contributed by atoms with van der Waals surface area (Å²) in [5, 5.41) is 4.49. The Morgan fingerprint density at radius 1 is 1.25 bits per heavy atom. The highest BCUT2D eigenvalue weighted by molar-refractivity contribution is 14.1. The fourth-order valence-electron chi connectivity index (χ4n) is 2.84. The van der Waals surface area contributed by atoms with Gasteiger partial charge in [0.25, 0.3) is 0 Å². The van der Waals surface area contributed by atoms with Gasteiger partial charge in [-0.15, -0.1) is 0 Å². The molecule has 0 spiro atoms. The number of hydrogen-bond acceptors (Lipinski definition) is 1. The van der Waals surface area contributed by atoms with Crippen molar-refractivity contribution in [3.05, 3.63) is 44.0 Å². The lowest BCUT2D eigenvalue weighted by Crippen LogP contribution is -2.23. The molecule has 2 rings (SSSR count). The minimum atomic E-state index is 0.326. The average Bonchev–Trinajstić information content (AvgIpc) is 2.40. The second kappa shape index (κ2) is 8.40. The largest absolute Gasteiger partial charge is 0.307 e. The number of likely N-dealkylation sites (N-methyl/N-ethyl adjacent to an activating group) is 1. The van der Waals surface area contributed by atoms with Crippen molar-refractivity contribution in [1.29, 1.82) is 0 Å². The van der Waals surface area contributed by atoms with E-state index in [0.717, 1.165) is 15.1 Å². The first kappa shape index (κ1) is 16.3. The van der Waals surface area contributed by atoms with Crippen LogP contribution < -0.4 is 5.32 Å². The maximum atomic E-state index is 6.30. The molecule has 0 heterocycles. The molecular weight excluding hydrogens is 381 g/mol. The molecule has 0 saturated heterocycles. The molecule has 0 bridgehead atoms. The molecule has 0 radical (unpaired) electrons. The summed E-state index contributed by atoms with van der Waals surface area (Å²) in [6.07, 6.45) is 10.3. The van der Waals surface area contributed by atoms with Gasteiger partial charge in [-0.05, 0) is 72.5 Å². The molecule has 3 heteroatoms. The third kappa shape index (κ3) is 4.47. The number of rotatable bonds is 4. The fourth-order valence-corrected chi connectivity index (χ4v) is 3.36. The van der Waals surface area contributed by atoms with Crippen LogP contribution in [0.4, 0.5) is 0 Å². The topological polar surface area (TPSA) is 12.0 Å². The molecule has 1 N–H and O–H groups in total. The monoisotopic (exact) mass is 403 g/mol. The van der Waals surface area contributed by atoms with Crippen LogP contribution in [-0.4, -0.2) is 6.54 Å². The Hall–Kier alpha value is -0.0600. The van der Waals surface area contributed by atoms with E-state index >= 15 is 0 Å². The summed E-state index contributed by atoms with van der Waals surface area (Å²) in [5.74, 6) is 0. The predicted octanol–water partition coefficient (Wildman–Crippen LogP) is 5.88. The van der Waals surface area contributed by atoms with Crippen LogP contribution >= 0.6 is 34.2 Å². The van der Waals surface area contributed by atoms with Crippen molar-refractivity contribution in [3.63, 3.8) is 0 Å². The van der Waals surface area contributed by atoms with E-state index < -0.39 is 0 Å². The zero-order chi connectivity index (χ0) is 14.4. The predicted molar refractivity (Wildman–Crippen MR) is 96.4 cm³/mol. The van der Waals surface area contributed by atoms with E-state index in [9.17, 15) is 0 Å². The molecule has 0 amide bonds. The summed E-state index contributed by atoms with van der Waals surface area (Å²) in [6, 6.07) is 6.77. The third-order valence-electron chi connectivity index (χ3n) is 3.88. The van der Waals surface area contributed by atoms with Crippen LogP contribution in [0.25, 0.3) is 0 Å². The summed E-state index contributed by atoms with van der Waals surface area (Å²) in [7, 11) is 0. The van der Waals surface area contributed by atoms with Gasteiger partial charge in [0.1, 0.15) is 0 Å². The number of benzene rings is 1. The van der Waals surface area contributed by atoms with Crippen LogP contribution in [0.3, 0.4) is 0 Å². The second-order valence-corrected chi connectivity index (χ2v) is 6.97. The highest BCUT2D eigenvalue weighted by atomic mass is 127. The summed E-state index contributed by atoms with van der Waals surface area (Å²) in [5.41, 5.74) is 2.84. The number of allylic oxidation sites excluding steroid dienone is 1. The average molecular weight is 404 g/mol. The molecule has 0 saturated carbocycles. The van der Waals surface area contributed by atoms with Gasteiger partial charge in [0.05, 0.1) is 11.1 Å². The van der Waals surface area contributed by atoms with Crippen molar-refractivity contribution in [2.45, 2.75) is 51.5 Å². The van der Waals surface area contributed by atoms with Crippen LogP contribution in [0.2, 0.25) is 5.02 Å². The van der Waals surface area contributed by atoms with E-state index in [-0.39, 0.29) is 0 Å². The van der Waals surface area contributed by atoms with Gasteiger partial charge in [0, 0.05) is 3.57 Å². The highest BCUT2D eigenvalue weighted by Crippen LogP contribution is 2.31. The van der Waals surface area contributed by atoms with Crippen molar-refractivity contribution in [2.75, 3.05) is 6.54 Å². The minimum absolute atomic E-state index is 0.326. The van der Waals surface area contributed by atoms with E-state index in [2.05, 4.69) is 59.1 Å². The van der Waals surface area contributed by atoms with Gasteiger partial charge in [-0.25, -0.2) is 0 Å². The molecule has 1 nitrogen and oxygen atoms in total. The van der Waals surface area contributed by atoms with Crippen LogP contribution in [0.5, 0.6) is 0 Å². The first-order valence-corrected chi connectivity index (χ1v) is 9.05. The van der Waals surface area contributed by atoms with E-state index in [0.29, 0.717) is 6.04 Å². The normalized spacial score (nSPS) is 20.6. The van der Waals surface area contributed by atoms with Gasteiger partial charge in [-0.1, -0.05) is 49.1 Å². The van der Waals surface area contributed by atoms with Crippen molar-refractivity contribution >= 4 is 34.2 Å². The Kier molecular flexibility index (Phi) is 6.85. The second-order valence-electron chi connectivity index (χ2n) is 5.40. The fraction of sp³-hybridized carbons (Fsp3) is 0.529. The number of hydrogen-bond donors (Lipinski definition) is 1. The summed E-state index contributed by atoms with van der Waals surface area (Å²) < 4.78 is 1.12. The standard InChI is InChI=1S/C17H23ClIN/c1-2-20-17(13-8-6-4-3-5-7-9-13)14-10-11-16(19)15(18)12-14/h8,10-12,17,20H,2-7,9H2,1H3/b13-8+. The van der Waals surface area contributed by atoms with Gasteiger partial charge in [-0.3, -0.25) is 0 Å². The Labute approximate surface area is 141 Å². The SMILES string of the molecule is CCNC(/C1=C/CCCCCC1)c1ccc(I)c(Cl)c1. The van der Waals surface area contributed by atoms with Crippen molar-refractivity contribution < 1.29 is 0 Å². The molecule has 1 aromatic carbocycles. The summed E-state index contributed by atoms with van der Waals surface area (Å²) in [6.45, 7) is 3.15. The molecule has 1 atom stereocenters. The Morgan fingerprint density at radius 2 is 2.05 bits per heavy atom. The van der Waals surface area contributed by atoms with Gasteiger partial charge in [0.15, 0.2) is 0 Å². The lowest BCUT2D eigenvalue weighted by Gasteiger charge is -2.24. The van der Waals surface area contributed by atoms with Crippen LogP contribution in [-0.2, 0) is 0 Å². The molecule has 1 unspecified atom stereocenters. The maximum absolute atomic E-state index is 6.30. The molecule has 0 aromatic heterocycles. The molecule has 110 valence electrons. The minimum Gasteiger partial charge on any atom is -0.307 e. The van der Waals surface area contributed by atoms with Gasteiger partial charge < -0.3 is 5.32 Å². The lowest BCUT2D eigenvalue weighted by atomic mass is 9.91. The Balaban J connectivity index is 2.26. The van der Waals surface area contributed by atoms with E-state index in [1.165, 1.54) is 44.1 Å². The summed E-state index contributed by atoms with van der Waals surface area (Å²) >= 11 is 8.59. The van der Waals surface area contributed by atoms with Crippen LogP contribution in [0, 0.1) is 3.57 Å². The molecular formula is C17H23ClIN. The van der Waals surface area contributed by atoms with Gasteiger partial charge in [-0.2, -0.15) is 0 Å². The van der Waals surface area contributed by atoms with Crippen molar-refractivity contribution in [1.82, 2.24) is 5.32 Å². The van der Waals surface area contributed by atoms with Crippen LogP contribution in [0.1, 0.15) is 57.1 Å². The first-order chi connectivity index (χ1) is 9.72. The lowest BCUT2D eigenvalue weighted by molar-refractivity contribution is 0.554. The molecule has 20 heavy (non-hydrogen) atoms. The van der Waals surface area contributed by atoms with E-state index in [1.807, 2.05) is 0 Å². The molecule has 0 fully saturated rings. The van der Waals surface area contributed by atoms with E-state index in [4.69, 9.17) is 11.6 Å². The quantitative estimate of drug-likeness (QED) is 0.489. The van der Waals surface area contributed by atoms with E-state index in [1.54, 1.807) is 5.57 Å². The Morgan fingerprint density at radius 3 is 2.80 bits per heavy atom. The molecule has 0 aliphatic heterocycles. The zero-order valence-corrected chi connectivity index (χ0v) is 15.0. The van der Waals surface area contributed by atoms with Crippen LogP contribution in [0.15, 0.2) is 29.8 Å². The Bertz CT molecular complexity index is 470. The maximum Gasteiger partial charge on any atom is 0.0542 e. The van der Waals surface area contributed by atoms with Gasteiger partial charge >= 0.3 is 0 Å².